The number of likely N-dealkylation sites (N-methyl/N-ethyl adjacent to an activating group) is 1. The first-order chi connectivity index (χ1) is 3.39. The molecule has 1 saturated heterocycles. The monoisotopic (exact) mass is 102 g/mol. The molecule has 0 aliphatic carbocycles. The van der Waals surface area contributed by atoms with Crippen molar-refractivity contribution in [3.8, 4) is 0 Å². The number of rotatable bonds is 0. The van der Waals surface area contributed by atoms with Crippen molar-refractivity contribution in [2.24, 2.45) is 0 Å². The van der Waals surface area contributed by atoms with E-state index in [-0.39, 0.29) is 0 Å². The van der Waals surface area contributed by atoms with Gasteiger partial charge in [-0.2, -0.15) is 0 Å². The molecule has 1 aliphatic rings. The van der Waals surface area contributed by atoms with E-state index >= 15 is 0 Å². The lowest BCUT2D eigenvalue weighted by Gasteiger charge is -2.21. The number of piperazine rings is 1. The van der Waals surface area contributed by atoms with Gasteiger partial charge in [-0.05, 0) is 7.05 Å². The van der Waals surface area contributed by atoms with Gasteiger partial charge >= 0.3 is 0 Å². The molecule has 0 aromatic rings. The van der Waals surface area contributed by atoms with Gasteiger partial charge in [0.15, 0.2) is 0 Å². The standard InChI is InChI=1S/C5H12N2/c1-7-4-2-6-3-5-7/h6H,2-5H2,1H3/i2+1,4+1. The van der Waals surface area contributed by atoms with Crippen LogP contribution >= 0.6 is 0 Å². The molecule has 0 amide bonds. The van der Waals surface area contributed by atoms with Crippen molar-refractivity contribution < 1.29 is 0 Å². The Morgan fingerprint density at radius 2 is 1.86 bits per heavy atom. The summed E-state index contributed by atoms with van der Waals surface area (Å²) in [5.74, 6) is 0. The number of nitrogens with one attached hydrogen (secondary N) is 1. The quantitative estimate of drug-likeness (QED) is 0.416. The van der Waals surface area contributed by atoms with E-state index in [1.54, 1.807) is 0 Å². The second kappa shape index (κ2) is 2.28. The van der Waals surface area contributed by atoms with E-state index < -0.39 is 0 Å². The summed E-state index contributed by atoms with van der Waals surface area (Å²) in [6.45, 7) is 4.74. The molecule has 0 unspecified atom stereocenters. The molecule has 1 fully saturated rings. The molecular formula is C5H12N2. The van der Waals surface area contributed by atoms with E-state index in [2.05, 4.69) is 17.3 Å². The van der Waals surface area contributed by atoms with E-state index in [0.29, 0.717) is 0 Å². The summed E-state index contributed by atoms with van der Waals surface area (Å²) in [4.78, 5) is 2.33. The van der Waals surface area contributed by atoms with Crippen LogP contribution in [0.2, 0.25) is 0 Å². The first kappa shape index (κ1) is 5.06. The Balaban J connectivity index is 2.12. The van der Waals surface area contributed by atoms with Crippen LogP contribution in [0, 0.1) is 0 Å². The highest BCUT2D eigenvalue weighted by Gasteiger charge is 2.01. The van der Waals surface area contributed by atoms with Gasteiger partial charge < -0.3 is 10.2 Å². The molecule has 0 saturated carbocycles. The Bertz CT molecular complexity index is 48.0. The minimum absolute atomic E-state index is 1.16. The normalized spacial score (nSPS) is 25.3. The van der Waals surface area contributed by atoms with Crippen molar-refractivity contribution in [3.05, 3.63) is 0 Å². The summed E-state index contributed by atoms with van der Waals surface area (Å²) in [7, 11) is 2.15. The fourth-order valence-corrected chi connectivity index (χ4v) is 0.777. The average molecular weight is 102 g/mol. The van der Waals surface area contributed by atoms with Gasteiger partial charge in [-0.25, -0.2) is 0 Å². The summed E-state index contributed by atoms with van der Waals surface area (Å²) < 4.78 is 0. The van der Waals surface area contributed by atoms with Crippen molar-refractivity contribution in [3.63, 3.8) is 0 Å². The first-order valence-corrected chi connectivity index (χ1v) is 2.79. The third-order valence-electron chi connectivity index (χ3n) is 1.34. The average Bonchev–Trinajstić information content (AvgIpc) is 1.69. The fraction of sp³-hybridized carbons (Fsp3) is 1.00. The van der Waals surface area contributed by atoms with Crippen molar-refractivity contribution in [2.45, 2.75) is 0 Å². The van der Waals surface area contributed by atoms with Crippen molar-refractivity contribution in [2.75, 3.05) is 33.2 Å². The largest absolute Gasteiger partial charge is 0.314 e. The van der Waals surface area contributed by atoms with E-state index in [4.69, 9.17) is 0 Å². The zero-order chi connectivity index (χ0) is 5.11. The lowest BCUT2D eigenvalue weighted by molar-refractivity contribution is 0.291. The fourth-order valence-electron chi connectivity index (χ4n) is 0.777. The van der Waals surface area contributed by atoms with Crippen LogP contribution in [0.4, 0.5) is 0 Å². The van der Waals surface area contributed by atoms with Crippen LogP contribution in [0.3, 0.4) is 0 Å². The Hall–Kier alpha value is -0.0800. The summed E-state index contributed by atoms with van der Waals surface area (Å²) in [6, 6.07) is 0. The van der Waals surface area contributed by atoms with Crippen LogP contribution in [-0.4, -0.2) is 38.1 Å². The minimum Gasteiger partial charge on any atom is -0.314 e. The molecular weight excluding hydrogens is 90.1 g/mol. The van der Waals surface area contributed by atoms with Crippen LogP contribution in [0.1, 0.15) is 0 Å². The van der Waals surface area contributed by atoms with Crippen LogP contribution < -0.4 is 5.32 Å². The lowest BCUT2D eigenvalue weighted by Crippen LogP contribution is -2.40. The molecule has 0 atom stereocenters. The third-order valence-corrected chi connectivity index (χ3v) is 1.34. The van der Waals surface area contributed by atoms with Crippen LogP contribution in [0.15, 0.2) is 0 Å². The van der Waals surface area contributed by atoms with Crippen LogP contribution in [0.25, 0.3) is 0 Å². The summed E-state index contributed by atoms with van der Waals surface area (Å²) >= 11 is 0. The molecule has 7 heavy (non-hydrogen) atoms. The maximum atomic E-state index is 3.27. The van der Waals surface area contributed by atoms with Gasteiger partial charge in [-0.1, -0.05) is 0 Å². The zero-order valence-corrected chi connectivity index (χ0v) is 4.78. The number of hydrogen-bond donors (Lipinski definition) is 1. The highest BCUT2D eigenvalue weighted by Crippen LogP contribution is 1.82. The Morgan fingerprint density at radius 1 is 1.29 bits per heavy atom. The first-order valence-electron chi connectivity index (χ1n) is 2.79. The SMILES string of the molecule is CN1CCN[13CH2][13CH2]1. The molecule has 0 aromatic heterocycles. The highest BCUT2D eigenvalue weighted by molar-refractivity contribution is 4.62. The molecule has 0 radical (unpaired) electrons. The highest BCUT2D eigenvalue weighted by atomic mass is 15.4. The summed E-state index contributed by atoms with van der Waals surface area (Å²) in [5.41, 5.74) is 0. The molecule has 2 heteroatoms. The molecule has 1 heterocycles. The van der Waals surface area contributed by atoms with Gasteiger partial charge in [0.05, 0.1) is 0 Å². The Morgan fingerprint density at radius 3 is 2.14 bits per heavy atom. The second-order valence-electron chi connectivity index (χ2n) is 2.05. The van der Waals surface area contributed by atoms with Crippen LogP contribution in [0.5, 0.6) is 0 Å². The predicted molar refractivity (Wildman–Crippen MR) is 30.4 cm³/mol. The molecule has 0 spiro atoms. The molecule has 1 N–H and O–H groups in total. The molecule has 1 rings (SSSR count). The third kappa shape index (κ3) is 1.45. The Labute approximate surface area is 44.5 Å². The van der Waals surface area contributed by atoms with Gasteiger partial charge in [-0.15, -0.1) is 0 Å². The molecule has 1 aliphatic heterocycles. The van der Waals surface area contributed by atoms with Gasteiger partial charge in [0.2, 0.25) is 0 Å². The maximum absolute atomic E-state index is 3.27. The second-order valence-corrected chi connectivity index (χ2v) is 2.05. The Kier molecular flexibility index (Phi) is 1.65. The number of hydrogen-bond acceptors (Lipinski definition) is 2. The predicted octanol–water partition coefficient (Wildman–Crippen LogP) is -0.479. The molecule has 2 nitrogen and oxygen atoms in total. The van der Waals surface area contributed by atoms with Gasteiger partial charge in [-0.3, -0.25) is 0 Å². The summed E-state index contributed by atoms with van der Waals surface area (Å²) in [5, 5.41) is 3.27. The molecule has 0 aromatic carbocycles. The van der Waals surface area contributed by atoms with Gasteiger partial charge in [0.25, 0.3) is 0 Å². The van der Waals surface area contributed by atoms with Crippen molar-refractivity contribution in [1.29, 1.82) is 0 Å². The van der Waals surface area contributed by atoms with E-state index in [9.17, 15) is 0 Å². The summed E-state index contributed by atoms with van der Waals surface area (Å²) in [6.07, 6.45) is 0. The molecule has 0 bridgehead atoms. The van der Waals surface area contributed by atoms with E-state index in [1.165, 1.54) is 13.1 Å². The van der Waals surface area contributed by atoms with Gasteiger partial charge in [0, 0.05) is 26.2 Å². The maximum Gasteiger partial charge on any atom is 0.0104 e. The van der Waals surface area contributed by atoms with E-state index in [1.807, 2.05) is 0 Å². The molecule has 42 valence electrons. The smallest absolute Gasteiger partial charge is 0.0104 e. The van der Waals surface area contributed by atoms with Crippen molar-refractivity contribution in [1.82, 2.24) is 10.2 Å². The zero-order valence-electron chi connectivity index (χ0n) is 4.78. The lowest BCUT2D eigenvalue weighted by atomic mass is 10.6. The van der Waals surface area contributed by atoms with Crippen molar-refractivity contribution >= 4 is 0 Å². The minimum atomic E-state index is 1.16. The van der Waals surface area contributed by atoms with E-state index in [0.717, 1.165) is 13.1 Å². The van der Waals surface area contributed by atoms with Crippen LogP contribution in [-0.2, 0) is 0 Å². The number of nitrogens with zero attached hydrogens (tertiary/aromatic N) is 1. The topological polar surface area (TPSA) is 15.3 Å². The van der Waals surface area contributed by atoms with Gasteiger partial charge in [0.1, 0.15) is 0 Å².